The average Bonchev–Trinajstić information content (AvgIpc) is 2.14. The first-order valence-electron chi connectivity index (χ1n) is 2.18. The van der Waals surface area contributed by atoms with Gasteiger partial charge in [0.2, 0.25) is 0 Å². The SMILES string of the molecule is [NH2+]=Cc1ccoc1[SH2+]. The topological polar surface area (TPSA) is 38.7 Å². The first-order chi connectivity index (χ1) is 3.84. The van der Waals surface area contributed by atoms with Crippen molar-refractivity contribution in [3.63, 3.8) is 0 Å². The Bertz CT molecular complexity index is 194. The van der Waals surface area contributed by atoms with Crippen molar-refractivity contribution in [1.82, 2.24) is 0 Å². The van der Waals surface area contributed by atoms with E-state index in [1.807, 2.05) is 0 Å². The van der Waals surface area contributed by atoms with Gasteiger partial charge >= 0.3 is 5.09 Å². The van der Waals surface area contributed by atoms with Gasteiger partial charge in [0.1, 0.15) is 5.56 Å². The van der Waals surface area contributed by atoms with E-state index in [4.69, 9.17) is 9.83 Å². The predicted molar refractivity (Wildman–Crippen MR) is 34.2 cm³/mol. The summed E-state index contributed by atoms with van der Waals surface area (Å²) in [6.45, 7) is 0. The highest BCUT2D eigenvalue weighted by Crippen LogP contribution is 2.03. The fraction of sp³-hybridized carbons (Fsp3) is 0. The van der Waals surface area contributed by atoms with Crippen LogP contribution in [0, 0.1) is 0 Å². The Balaban J connectivity index is 3.09. The molecule has 1 aromatic rings. The van der Waals surface area contributed by atoms with E-state index in [9.17, 15) is 0 Å². The summed E-state index contributed by atoms with van der Waals surface area (Å²) >= 11 is 3.20. The minimum atomic E-state index is 0.674. The van der Waals surface area contributed by atoms with Crippen molar-refractivity contribution in [2.75, 3.05) is 0 Å². The molecule has 2 nitrogen and oxygen atoms in total. The summed E-state index contributed by atoms with van der Waals surface area (Å²) in [6.07, 6.45) is 3.05. The highest BCUT2D eigenvalue weighted by Gasteiger charge is 2.04. The van der Waals surface area contributed by atoms with E-state index in [2.05, 4.69) is 12.6 Å². The summed E-state index contributed by atoms with van der Waals surface area (Å²) < 4.78 is 4.86. The third-order valence-corrected chi connectivity index (χ3v) is 1.28. The molecule has 1 heterocycles. The Morgan fingerprint density at radius 1 is 1.75 bits per heavy atom. The average molecular weight is 129 g/mol. The van der Waals surface area contributed by atoms with Gasteiger partial charge in [-0.05, 0) is 6.07 Å². The molecule has 1 aromatic heterocycles. The van der Waals surface area contributed by atoms with Crippen molar-refractivity contribution >= 4 is 18.8 Å². The molecule has 0 aromatic carbocycles. The van der Waals surface area contributed by atoms with Crippen molar-refractivity contribution in [2.45, 2.75) is 5.09 Å². The van der Waals surface area contributed by atoms with E-state index in [-0.39, 0.29) is 0 Å². The van der Waals surface area contributed by atoms with E-state index in [1.54, 1.807) is 12.3 Å². The highest BCUT2D eigenvalue weighted by molar-refractivity contribution is 7.58. The minimum Gasteiger partial charge on any atom is -0.425 e. The van der Waals surface area contributed by atoms with Crippen molar-refractivity contribution in [2.24, 2.45) is 0 Å². The van der Waals surface area contributed by atoms with Crippen LogP contribution in [0.2, 0.25) is 0 Å². The monoisotopic (exact) mass is 129 g/mol. The predicted octanol–water partition coefficient (Wildman–Crippen LogP) is -1.17. The normalized spacial score (nSPS) is 9.12. The fourth-order valence-electron chi connectivity index (χ4n) is 0.450. The largest absolute Gasteiger partial charge is 0.425 e. The molecule has 8 heavy (non-hydrogen) atoms. The third-order valence-electron chi connectivity index (χ3n) is 0.875. The molecule has 3 heteroatoms. The molecule has 0 unspecified atom stereocenters. The zero-order valence-electron chi connectivity index (χ0n) is 4.22. The summed E-state index contributed by atoms with van der Waals surface area (Å²) in [7, 11) is 0. The lowest BCUT2D eigenvalue weighted by Crippen LogP contribution is -2.29. The smallest absolute Gasteiger partial charge is 0.321 e. The molecule has 1 rings (SSSR count). The van der Waals surface area contributed by atoms with Crippen LogP contribution >= 0.6 is 0 Å². The lowest BCUT2D eigenvalue weighted by atomic mass is 10.4. The maximum absolute atomic E-state index is 5.18. The van der Waals surface area contributed by atoms with Crippen molar-refractivity contribution in [3.8, 4) is 0 Å². The highest BCUT2D eigenvalue weighted by atomic mass is 32.1. The van der Waals surface area contributed by atoms with Crippen molar-refractivity contribution in [1.29, 1.82) is 0 Å². The third kappa shape index (κ3) is 0.767. The Hall–Kier alpha value is -0.700. The van der Waals surface area contributed by atoms with Crippen LogP contribution in [0.4, 0.5) is 0 Å². The Morgan fingerprint density at radius 2 is 2.50 bits per heavy atom. The lowest BCUT2D eigenvalue weighted by molar-refractivity contribution is -0.104. The molecular formula is C5H7NOS+2. The van der Waals surface area contributed by atoms with Crippen LogP contribution in [-0.2, 0) is 12.6 Å². The molecule has 2 N–H and O–H groups in total. The first-order valence-corrected chi connectivity index (χ1v) is 2.68. The zero-order valence-corrected chi connectivity index (χ0v) is 5.22. The van der Waals surface area contributed by atoms with E-state index in [1.165, 1.54) is 6.21 Å². The maximum atomic E-state index is 5.18. The summed E-state index contributed by atoms with van der Waals surface area (Å²) in [6, 6.07) is 1.78. The molecule has 0 saturated heterocycles. The van der Waals surface area contributed by atoms with Gasteiger partial charge in [-0.2, -0.15) is 0 Å². The van der Waals surface area contributed by atoms with Gasteiger partial charge in [-0.15, -0.1) is 0 Å². The Labute approximate surface area is 52.4 Å². The number of hydrogen-bond acceptors (Lipinski definition) is 1. The molecular weight excluding hydrogens is 122 g/mol. The summed E-state index contributed by atoms with van der Waals surface area (Å²) in [4.78, 5) is 0. The van der Waals surface area contributed by atoms with Crippen LogP contribution in [0.1, 0.15) is 5.56 Å². The number of nitrogens with two attached hydrogens (primary N) is 1. The van der Waals surface area contributed by atoms with E-state index < -0.39 is 0 Å². The van der Waals surface area contributed by atoms with Crippen LogP contribution < -0.4 is 5.41 Å². The van der Waals surface area contributed by atoms with E-state index in [0.29, 0.717) is 5.09 Å². The minimum absolute atomic E-state index is 0.674. The molecule has 0 aliphatic carbocycles. The standard InChI is InChI=1S/C5H5NOS/c6-3-4-1-2-7-5(4)8/h1-3,6,8H/p+2. The lowest BCUT2D eigenvalue weighted by Gasteiger charge is -1.68. The summed E-state index contributed by atoms with van der Waals surface area (Å²) in [5, 5.41) is 5.85. The molecule has 0 atom stereocenters. The molecule has 0 radical (unpaired) electrons. The molecule has 0 bridgehead atoms. The fourth-order valence-corrected chi connectivity index (χ4v) is 0.685. The van der Waals surface area contributed by atoms with Gasteiger partial charge < -0.3 is 4.42 Å². The number of rotatable bonds is 1. The van der Waals surface area contributed by atoms with Crippen LogP contribution in [0.15, 0.2) is 21.8 Å². The number of hydrogen-bond donors (Lipinski definition) is 1. The number of furan rings is 1. The van der Waals surface area contributed by atoms with Gasteiger partial charge in [0.05, 0.1) is 6.26 Å². The van der Waals surface area contributed by atoms with Crippen LogP contribution in [0.3, 0.4) is 0 Å². The van der Waals surface area contributed by atoms with Gasteiger partial charge in [-0.1, -0.05) is 0 Å². The van der Waals surface area contributed by atoms with Crippen LogP contribution in [-0.4, -0.2) is 6.21 Å². The second kappa shape index (κ2) is 2.05. The molecule has 0 fully saturated rings. The second-order valence-corrected chi connectivity index (χ2v) is 1.83. The van der Waals surface area contributed by atoms with Gasteiger partial charge in [-0.3, -0.25) is 5.41 Å². The van der Waals surface area contributed by atoms with Crippen molar-refractivity contribution in [3.05, 3.63) is 17.9 Å². The Morgan fingerprint density at radius 3 is 2.75 bits per heavy atom. The summed E-state index contributed by atoms with van der Waals surface area (Å²) in [5.41, 5.74) is 0.877. The molecule has 0 spiro atoms. The quantitative estimate of drug-likeness (QED) is 0.376. The molecule has 0 saturated carbocycles. The van der Waals surface area contributed by atoms with Gasteiger partial charge in [0, 0.05) is 12.6 Å². The van der Waals surface area contributed by atoms with Gasteiger partial charge in [-0.25, -0.2) is 0 Å². The van der Waals surface area contributed by atoms with Crippen molar-refractivity contribution < 1.29 is 9.83 Å². The zero-order chi connectivity index (χ0) is 5.98. The van der Waals surface area contributed by atoms with E-state index >= 15 is 0 Å². The molecule has 0 aliphatic heterocycles. The van der Waals surface area contributed by atoms with Crippen LogP contribution in [0.5, 0.6) is 0 Å². The summed E-state index contributed by atoms with van der Waals surface area (Å²) in [5.74, 6) is 0. The maximum Gasteiger partial charge on any atom is 0.321 e. The molecule has 42 valence electrons. The first kappa shape index (κ1) is 5.44. The second-order valence-electron chi connectivity index (χ2n) is 1.37. The molecule has 0 aliphatic rings. The van der Waals surface area contributed by atoms with Gasteiger partial charge in [0.25, 0.3) is 0 Å². The van der Waals surface area contributed by atoms with Crippen LogP contribution in [0.25, 0.3) is 0 Å². The molecule has 0 amide bonds. The van der Waals surface area contributed by atoms with Gasteiger partial charge in [0.15, 0.2) is 6.21 Å². The Kier molecular flexibility index (Phi) is 1.39. The van der Waals surface area contributed by atoms with E-state index in [0.717, 1.165) is 5.56 Å².